The van der Waals surface area contributed by atoms with Crippen LogP contribution in [0.15, 0.2) is 18.2 Å². The molecule has 4 N–H and O–H groups in total. The van der Waals surface area contributed by atoms with E-state index in [0.717, 1.165) is 23.4 Å². The van der Waals surface area contributed by atoms with Crippen LogP contribution >= 0.6 is 0 Å². The van der Waals surface area contributed by atoms with E-state index in [4.69, 9.17) is 5.84 Å². The molecule has 0 fully saturated rings. The summed E-state index contributed by atoms with van der Waals surface area (Å²) in [6, 6.07) is 5.65. The van der Waals surface area contributed by atoms with E-state index in [9.17, 15) is 4.79 Å². The van der Waals surface area contributed by atoms with Crippen LogP contribution in [0.2, 0.25) is 0 Å². The fourth-order valence-electron chi connectivity index (χ4n) is 1.47. The summed E-state index contributed by atoms with van der Waals surface area (Å²) in [5.41, 5.74) is 5.48. The first-order valence-electron chi connectivity index (χ1n) is 4.19. The van der Waals surface area contributed by atoms with Crippen LogP contribution < -0.4 is 16.6 Å². The van der Waals surface area contributed by atoms with Gasteiger partial charge in [-0.1, -0.05) is 0 Å². The summed E-state index contributed by atoms with van der Waals surface area (Å²) >= 11 is 0. The molecule has 68 valence electrons. The van der Waals surface area contributed by atoms with Gasteiger partial charge in [0.2, 0.25) is 5.91 Å². The van der Waals surface area contributed by atoms with Crippen molar-refractivity contribution in [1.29, 1.82) is 0 Å². The van der Waals surface area contributed by atoms with Crippen LogP contribution in [0.3, 0.4) is 0 Å². The summed E-state index contributed by atoms with van der Waals surface area (Å²) in [7, 11) is 0. The molecule has 1 amide bonds. The highest BCUT2D eigenvalue weighted by atomic mass is 16.1. The highest BCUT2D eigenvalue weighted by Crippen LogP contribution is 2.24. The first-order chi connectivity index (χ1) is 6.29. The van der Waals surface area contributed by atoms with Crippen LogP contribution in [0, 0.1) is 0 Å². The predicted molar refractivity (Wildman–Crippen MR) is 51.2 cm³/mol. The molecule has 0 saturated heterocycles. The zero-order chi connectivity index (χ0) is 9.26. The molecule has 2 rings (SSSR count). The van der Waals surface area contributed by atoms with Gasteiger partial charge in [0.05, 0.1) is 0 Å². The number of carbonyl (C=O) groups excluding carboxylic acids is 1. The van der Waals surface area contributed by atoms with E-state index in [1.165, 1.54) is 0 Å². The number of hydrazine groups is 1. The van der Waals surface area contributed by atoms with Crippen LogP contribution in [0.4, 0.5) is 11.4 Å². The number of anilines is 2. The molecule has 0 bridgehead atoms. The van der Waals surface area contributed by atoms with Crippen LogP contribution in [0.1, 0.15) is 12.0 Å². The second kappa shape index (κ2) is 3.06. The molecule has 1 aromatic carbocycles. The number of hydrogen-bond donors (Lipinski definition) is 3. The lowest BCUT2D eigenvalue weighted by molar-refractivity contribution is -0.116. The number of benzene rings is 1. The molecule has 0 aromatic heterocycles. The first-order valence-corrected chi connectivity index (χ1v) is 4.19. The number of aryl methyl sites for hydroxylation is 1. The molecule has 0 atom stereocenters. The summed E-state index contributed by atoms with van der Waals surface area (Å²) in [6.45, 7) is 0. The summed E-state index contributed by atoms with van der Waals surface area (Å²) in [5.74, 6) is 5.36. The molecule has 0 radical (unpaired) electrons. The Morgan fingerprint density at radius 1 is 1.38 bits per heavy atom. The quantitative estimate of drug-likeness (QED) is 0.440. The van der Waals surface area contributed by atoms with Gasteiger partial charge in [0.25, 0.3) is 0 Å². The van der Waals surface area contributed by atoms with E-state index >= 15 is 0 Å². The molecule has 0 aliphatic carbocycles. The lowest BCUT2D eigenvalue weighted by Gasteiger charge is -2.17. The van der Waals surface area contributed by atoms with E-state index in [-0.39, 0.29) is 5.91 Å². The second-order valence-corrected chi connectivity index (χ2v) is 3.06. The molecule has 1 aliphatic heterocycles. The fourth-order valence-corrected chi connectivity index (χ4v) is 1.47. The number of hydrogen-bond acceptors (Lipinski definition) is 3. The van der Waals surface area contributed by atoms with Crippen LogP contribution in [-0.2, 0) is 11.2 Å². The van der Waals surface area contributed by atoms with Gasteiger partial charge in [-0.2, -0.15) is 0 Å². The fraction of sp³-hybridized carbons (Fsp3) is 0.222. The number of fused-ring (bicyclic) bond motifs is 1. The predicted octanol–water partition coefficient (Wildman–Crippen LogP) is 0.857. The molecule has 13 heavy (non-hydrogen) atoms. The van der Waals surface area contributed by atoms with Gasteiger partial charge in [0.1, 0.15) is 0 Å². The normalized spacial score (nSPS) is 14.7. The number of carbonyl (C=O) groups is 1. The third-order valence-corrected chi connectivity index (χ3v) is 2.17. The van der Waals surface area contributed by atoms with Gasteiger partial charge in [-0.3, -0.25) is 10.6 Å². The van der Waals surface area contributed by atoms with Gasteiger partial charge < -0.3 is 10.7 Å². The molecular weight excluding hydrogens is 166 g/mol. The number of nitrogens with two attached hydrogens (primary N) is 1. The van der Waals surface area contributed by atoms with Crippen molar-refractivity contribution in [3.8, 4) is 0 Å². The molecule has 4 heteroatoms. The van der Waals surface area contributed by atoms with Crippen molar-refractivity contribution in [1.82, 2.24) is 0 Å². The van der Waals surface area contributed by atoms with Gasteiger partial charge >= 0.3 is 0 Å². The summed E-state index contributed by atoms with van der Waals surface area (Å²) < 4.78 is 0. The first kappa shape index (κ1) is 8.07. The van der Waals surface area contributed by atoms with Gasteiger partial charge in [0, 0.05) is 17.8 Å². The third-order valence-electron chi connectivity index (χ3n) is 2.17. The number of rotatable bonds is 1. The third kappa shape index (κ3) is 1.48. The Morgan fingerprint density at radius 2 is 2.23 bits per heavy atom. The van der Waals surface area contributed by atoms with Crippen molar-refractivity contribution in [3.63, 3.8) is 0 Å². The topological polar surface area (TPSA) is 67.1 Å². The van der Waals surface area contributed by atoms with E-state index in [2.05, 4.69) is 10.7 Å². The summed E-state index contributed by atoms with van der Waals surface area (Å²) in [6.07, 6.45) is 1.34. The Bertz CT molecular complexity index is 349. The molecule has 0 saturated carbocycles. The van der Waals surface area contributed by atoms with Crippen molar-refractivity contribution in [3.05, 3.63) is 23.8 Å². The molecule has 4 nitrogen and oxygen atoms in total. The minimum Gasteiger partial charge on any atom is -0.326 e. The summed E-state index contributed by atoms with van der Waals surface area (Å²) in [4.78, 5) is 11.0. The van der Waals surface area contributed by atoms with E-state index in [1.807, 2.05) is 18.2 Å². The van der Waals surface area contributed by atoms with Crippen molar-refractivity contribution < 1.29 is 4.79 Å². The maximum Gasteiger partial charge on any atom is 0.224 e. The largest absolute Gasteiger partial charge is 0.326 e. The molecular formula is C9H11N3O. The summed E-state index contributed by atoms with van der Waals surface area (Å²) in [5, 5.41) is 2.80. The lowest BCUT2D eigenvalue weighted by Crippen LogP contribution is -2.19. The molecule has 0 spiro atoms. The Balaban J connectivity index is 2.36. The van der Waals surface area contributed by atoms with E-state index in [1.54, 1.807) is 0 Å². The minimum absolute atomic E-state index is 0.0842. The van der Waals surface area contributed by atoms with Crippen LogP contribution in [0.5, 0.6) is 0 Å². The van der Waals surface area contributed by atoms with Gasteiger partial charge in [-0.15, -0.1) is 0 Å². The number of nitrogens with one attached hydrogen (secondary N) is 2. The maximum absolute atomic E-state index is 11.0. The second-order valence-electron chi connectivity index (χ2n) is 3.06. The zero-order valence-corrected chi connectivity index (χ0v) is 7.13. The molecule has 1 aliphatic rings. The zero-order valence-electron chi connectivity index (χ0n) is 7.13. The maximum atomic E-state index is 11.0. The van der Waals surface area contributed by atoms with Crippen molar-refractivity contribution >= 4 is 17.3 Å². The van der Waals surface area contributed by atoms with E-state index < -0.39 is 0 Å². The average molecular weight is 177 g/mol. The van der Waals surface area contributed by atoms with Crippen molar-refractivity contribution in [2.24, 2.45) is 5.84 Å². The van der Waals surface area contributed by atoms with Crippen molar-refractivity contribution in [2.75, 3.05) is 10.7 Å². The highest BCUT2D eigenvalue weighted by molar-refractivity contribution is 5.94. The smallest absolute Gasteiger partial charge is 0.224 e. The Hall–Kier alpha value is -1.55. The Labute approximate surface area is 76.1 Å². The Morgan fingerprint density at radius 3 is 3.00 bits per heavy atom. The molecule has 1 heterocycles. The number of nitrogen functional groups attached to an aromatic ring is 1. The van der Waals surface area contributed by atoms with Gasteiger partial charge in [0.15, 0.2) is 0 Å². The molecule has 1 aromatic rings. The average Bonchev–Trinajstić information content (AvgIpc) is 2.17. The van der Waals surface area contributed by atoms with Crippen molar-refractivity contribution in [2.45, 2.75) is 12.8 Å². The monoisotopic (exact) mass is 177 g/mol. The van der Waals surface area contributed by atoms with Gasteiger partial charge in [-0.05, 0) is 30.2 Å². The van der Waals surface area contributed by atoms with E-state index in [0.29, 0.717) is 6.42 Å². The minimum atomic E-state index is 0.0842. The highest BCUT2D eigenvalue weighted by Gasteiger charge is 2.14. The lowest BCUT2D eigenvalue weighted by atomic mass is 10.0. The molecule has 0 unspecified atom stereocenters. The SMILES string of the molecule is NNc1ccc2c(c1)CCC(=O)N2. The van der Waals surface area contributed by atoms with Gasteiger partial charge in [-0.25, -0.2) is 0 Å². The standard InChI is InChI=1S/C9H11N3O/c10-12-7-2-3-8-6(5-7)1-4-9(13)11-8/h2-3,5,12H,1,4,10H2,(H,11,13). The Kier molecular flexibility index (Phi) is 1.90. The van der Waals surface area contributed by atoms with Crippen LogP contribution in [0.25, 0.3) is 0 Å². The number of amides is 1. The van der Waals surface area contributed by atoms with Crippen LogP contribution in [-0.4, -0.2) is 5.91 Å².